The van der Waals surface area contributed by atoms with Crippen LogP contribution in [-0.4, -0.2) is 20.4 Å². The molecule has 4 nitrogen and oxygen atoms in total. The number of nitrogens with zero attached hydrogens (tertiary/aromatic N) is 3. The number of imidazole rings is 1. The summed E-state index contributed by atoms with van der Waals surface area (Å²) in [5.74, 6) is 0.918. The molecule has 122 valence electrons. The van der Waals surface area contributed by atoms with Gasteiger partial charge in [0.05, 0.1) is 16.7 Å². The Morgan fingerprint density at radius 3 is 2.62 bits per heavy atom. The molecule has 0 radical (unpaired) electrons. The smallest absolute Gasteiger partial charge is 0.157 e. The van der Waals surface area contributed by atoms with Gasteiger partial charge < -0.3 is 9.13 Å². The number of aromatic nitrogens is 3. The second-order valence-corrected chi connectivity index (χ2v) is 5.69. The average molecular weight is 340 g/mol. The van der Waals surface area contributed by atoms with Gasteiger partial charge in [0.1, 0.15) is 6.29 Å². The summed E-state index contributed by atoms with van der Waals surface area (Å²) in [6, 6.07) is 16.2. The summed E-state index contributed by atoms with van der Waals surface area (Å²) in [7, 11) is 2.02. The van der Waals surface area contributed by atoms with Crippen molar-refractivity contribution in [2.24, 2.45) is 7.05 Å². The van der Waals surface area contributed by atoms with E-state index >= 15 is 0 Å². The number of para-hydroxylation sites is 1. The van der Waals surface area contributed by atoms with Gasteiger partial charge in [-0.25, -0.2) is 4.98 Å². The van der Waals surface area contributed by atoms with Crippen molar-refractivity contribution in [1.29, 1.82) is 0 Å². The highest BCUT2D eigenvalue weighted by atomic mass is 35.5. The van der Waals surface area contributed by atoms with E-state index < -0.39 is 0 Å². The van der Waals surface area contributed by atoms with Crippen LogP contribution in [0.2, 0.25) is 0 Å². The minimum atomic E-state index is 0. The van der Waals surface area contributed by atoms with Gasteiger partial charge in [0.25, 0.3) is 0 Å². The second kappa shape index (κ2) is 6.13. The van der Waals surface area contributed by atoms with Crippen LogP contribution < -0.4 is 0 Å². The van der Waals surface area contributed by atoms with Crippen molar-refractivity contribution in [3.8, 4) is 11.5 Å². The number of aldehydes is 1. The minimum absolute atomic E-state index is 0. The lowest BCUT2D eigenvalue weighted by molar-refractivity contribution is 0.112. The van der Waals surface area contributed by atoms with Crippen molar-refractivity contribution in [3.63, 3.8) is 0 Å². The van der Waals surface area contributed by atoms with Gasteiger partial charge in [-0.15, -0.1) is 12.4 Å². The number of benzene rings is 2. The lowest BCUT2D eigenvalue weighted by Crippen LogP contribution is -2.01. The molecule has 0 amide bonds. The summed E-state index contributed by atoms with van der Waals surface area (Å²) in [6.07, 6.45) is 0.858. The van der Waals surface area contributed by atoms with Crippen LogP contribution in [0.1, 0.15) is 17.3 Å². The Bertz CT molecular complexity index is 1050. The highest BCUT2D eigenvalue weighted by molar-refractivity contribution is 5.90. The lowest BCUT2D eigenvalue weighted by atomic mass is 10.2. The fraction of sp³-hybridized carbons (Fsp3) is 0.158. The Morgan fingerprint density at radius 2 is 1.88 bits per heavy atom. The summed E-state index contributed by atoms with van der Waals surface area (Å²) >= 11 is 0. The summed E-state index contributed by atoms with van der Waals surface area (Å²) in [5, 5.41) is 1.21. The topological polar surface area (TPSA) is 39.8 Å². The van der Waals surface area contributed by atoms with Gasteiger partial charge in [0.15, 0.2) is 5.82 Å². The molecule has 2 heterocycles. The van der Waals surface area contributed by atoms with Crippen LogP contribution in [0.5, 0.6) is 0 Å². The van der Waals surface area contributed by atoms with Crippen LogP contribution in [0.15, 0.2) is 48.5 Å². The zero-order valence-electron chi connectivity index (χ0n) is 13.6. The molecule has 24 heavy (non-hydrogen) atoms. The molecule has 0 saturated heterocycles. The van der Waals surface area contributed by atoms with Crippen molar-refractivity contribution in [1.82, 2.24) is 14.1 Å². The highest BCUT2D eigenvalue weighted by Crippen LogP contribution is 2.29. The third kappa shape index (κ3) is 2.31. The number of hydrogen-bond acceptors (Lipinski definition) is 2. The molecule has 5 heteroatoms. The predicted octanol–water partition coefficient (Wildman–Crippen LogP) is 4.45. The maximum atomic E-state index is 11.0. The number of aryl methyl sites for hydroxylation is 2. The summed E-state index contributed by atoms with van der Waals surface area (Å²) in [6.45, 7) is 3.02. The van der Waals surface area contributed by atoms with Gasteiger partial charge in [-0.2, -0.15) is 0 Å². The average Bonchev–Trinajstić information content (AvgIpc) is 3.11. The quantitative estimate of drug-likeness (QED) is 0.517. The first-order valence-corrected chi connectivity index (χ1v) is 7.73. The van der Waals surface area contributed by atoms with Crippen molar-refractivity contribution in [2.75, 3.05) is 0 Å². The summed E-state index contributed by atoms with van der Waals surface area (Å²) in [5.41, 5.74) is 4.84. The molecule has 0 atom stereocenters. The van der Waals surface area contributed by atoms with Gasteiger partial charge in [-0.3, -0.25) is 4.79 Å². The monoisotopic (exact) mass is 339 g/mol. The number of rotatable bonds is 3. The normalized spacial score (nSPS) is 10.9. The molecule has 0 aliphatic rings. The first-order chi connectivity index (χ1) is 11.2. The predicted molar refractivity (Wildman–Crippen MR) is 100.0 cm³/mol. The molecule has 0 unspecified atom stereocenters. The summed E-state index contributed by atoms with van der Waals surface area (Å²) in [4.78, 5) is 15.8. The Hall–Kier alpha value is -2.59. The molecule has 0 saturated carbocycles. The van der Waals surface area contributed by atoms with Gasteiger partial charge in [0.2, 0.25) is 0 Å². The Morgan fingerprint density at radius 1 is 1.08 bits per heavy atom. The van der Waals surface area contributed by atoms with Crippen LogP contribution in [0, 0.1) is 0 Å². The molecule has 0 bridgehead atoms. The Labute approximate surface area is 146 Å². The van der Waals surface area contributed by atoms with Crippen LogP contribution in [0.3, 0.4) is 0 Å². The van der Waals surface area contributed by atoms with Crippen LogP contribution >= 0.6 is 12.4 Å². The van der Waals surface area contributed by atoms with E-state index in [0.29, 0.717) is 5.56 Å². The number of halogens is 1. The molecule has 4 aromatic rings. The third-order valence-corrected chi connectivity index (χ3v) is 4.40. The van der Waals surface area contributed by atoms with Gasteiger partial charge >= 0.3 is 0 Å². The third-order valence-electron chi connectivity index (χ3n) is 4.40. The van der Waals surface area contributed by atoms with Crippen LogP contribution in [0.25, 0.3) is 33.5 Å². The maximum Gasteiger partial charge on any atom is 0.157 e. The minimum Gasteiger partial charge on any atom is -0.338 e. The van der Waals surface area contributed by atoms with E-state index in [1.165, 1.54) is 10.9 Å². The van der Waals surface area contributed by atoms with E-state index in [0.717, 1.165) is 35.4 Å². The number of fused-ring (bicyclic) bond motifs is 2. The van der Waals surface area contributed by atoms with Gasteiger partial charge in [0, 0.05) is 30.1 Å². The molecule has 0 spiro atoms. The molecule has 2 aromatic carbocycles. The molecule has 4 rings (SSSR count). The van der Waals surface area contributed by atoms with E-state index in [9.17, 15) is 4.79 Å². The van der Waals surface area contributed by atoms with E-state index in [4.69, 9.17) is 4.98 Å². The van der Waals surface area contributed by atoms with Crippen molar-refractivity contribution < 1.29 is 4.79 Å². The molecule has 2 aromatic heterocycles. The maximum absolute atomic E-state index is 11.0. The molecule has 0 fully saturated rings. The SMILES string of the molecule is CCn1c(-c2nc3cc(C=O)ccc3n2C)cc2ccccc21.Cl. The first kappa shape index (κ1) is 16.3. The number of carbonyl (C=O) groups is 1. The van der Waals surface area contributed by atoms with Gasteiger partial charge in [-0.1, -0.05) is 18.2 Å². The van der Waals surface area contributed by atoms with E-state index in [-0.39, 0.29) is 12.4 Å². The molecule has 0 aliphatic carbocycles. The van der Waals surface area contributed by atoms with Crippen LogP contribution in [0.4, 0.5) is 0 Å². The number of carbonyl (C=O) groups excluding carboxylic acids is 1. The van der Waals surface area contributed by atoms with Gasteiger partial charge in [-0.05, 0) is 37.3 Å². The zero-order valence-corrected chi connectivity index (χ0v) is 14.4. The standard InChI is InChI=1S/C19H17N3O.ClH/c1-3-22-16-7-5-4-6-14(16)11-18(22)19-20-15-10-13(12-23)8-9-17(15)21(19)2;/h4-12H,3H2,1-2H3;1H. The number of hydrogen-bond donors (Lipinski definition) is 0. The molecule has 0 N–H and O–H groups in total. The Balaban J connectivity index is 0.00000169. The fourth-order valence-electron chi connectivity index (χ4n) is 3.26. The molecular weight excluding hydrogens is 322 g/mol. The van der Waals surface area contributed by atoms with Crippen LogP contribution in [-0.2, 0) is 13.6 Å². The highest BCUT2D eigenvalue weighted by Gasteiger charge is 2.16. The van der Waals surface area contributed by atoms with Crippen molar-refractivity contribution in [3.05, 3.63) is 54.1 Å². The zero-order chi connectivity index (χ0) is 16.0. The summed E-state index contributed by atoms with van der Waals surface area (Å²) < 4.78 is 4.36. The van der Waals surface area contributed by atoms with E-state index in [2.05, 4.69) is 46.4 Å². The van der Waals surface area contributed by atoms with E-state index in [1.807, 2.05) is 25.2 Å². The van der Waals surface area contributed by atoms with Crippen molar-refractivity contribution >= 4 is 40.6 Å². The van der Waals surface area contributed by atoms with Crippen molar-refractivity contribution in [2.45, 2.75) is 13.5 Å². The first-order valence-electron chi connectivity index (χ1n) is 7.73. The fourth-order valence-corrected chi connectivity index (χ4v) is 3.26. The Kier molecular flexibility index (Phi) is 4.16. The second-order valence-electron chi connectivity index (χ2n) is 5.69. The van der Waals surface area contributed by atoms with E-state index in [1.54, 1.807) is 0 Å². The molecular formula is C19H18ClN3O. The largest absolute Gasteiger partial charge is 0.338 e. The lowest BCUT2D eigenvalue weighted by Gasteiger charge is -2.08. The molecule has 0 aliphatic heterocycles.